The fraction of sp³-hybridized carbons (Fsp3) is 0.438. The molecule has 0 atom stereocenters. The average Bonchev–Trinajstić information content (AvgIpc) is 3.03. The number of halogens is 5. The van der Waals surface area contributed by atoms with Gasteiger partial charge in [-0.2, -0.15) is 27.1 Å². The van der Waals surface area contributed by atoms with Crippen molar-refractivity contribution in [1.29, 1.82) is 0 Å². The van der Waals surface area contributed by atoms with E-state index in [4.69, 9.17) is 5.73 Å². The quantitative estimate of drug-likeness (QED) is 0.403. The molecule has 0 saturated heterocycles. The van der Waals surface area contributed by atoms with Crippen LogP contribution in [0.4, 0.5) is 39.0 Å². The van der Waals surface area contributed by atoms with Gasteiger partial charge in [-0.1, -0.05) is 0 Å². The Balaban J connectivity index is 2.32. The highest BCUT2D eigenvalue weighted by Gasteiger charge is 2.57. The Bertz CT molecular complexity index is 881. The summed E-state index contributed by atoms with van der Waals surface area (Å²) in [5.74, 6) is -5.24. The number of nitrogens with two attached hydrogens (primary N) is 1. The SMILES string of the molecule is CNc1cc(N(C)Cc2n[nH]c(C)n2)c(C(=O)NCC(F)(F)C(F)(F)F)cc1N. The molecule has 1 aromatic carbocycles. The van der Waals surface area contributed by atoms with Crippen molar-refractivity contribution in [3.05, 3.63) is 29.3 Å². The number of benzene rings is 1. The Hall–Kier alpha value is -3.12. The van der Waals surface area contributed by atoms with Crippen LogP contribution >= 0.6 is 0 Å². The van der Waals surface area contributed by atoms with Crippen LogP contribution in [-0.2, 0) is 6.54 Å². The first-order valence-corrected chi connectivity index (χ1v) is 8.28. The lowest BCUT2D eigenvalue weighted by Crippen LogP contribution is -2.47. The molecule has 2 rings (SSSR count). The minimum absolute atomic E-state index is 0.117. The molecule has 0 aliphatic heterocycles. The maximum absolute atomic E-state index is 13.1. The predicted octanol–water partition coefficient (Wildman–Crippen LogP) is 2.30. The maximum atomic E-state index is 13.1. The summed E-state index contributed by atoms with van der Waals surface area (Å²) in [4.78, 5) is 18.1. The summed E-state index contributed by atoms with van der Waals surface area (Å²) < 4.78 is 63.3. The van der Waals surface area contributed by atoms with E-state index in [1.807, 2.05) is 0 Å². The van der Waals surface area contributed by atoms with Crippen LogP contribution in [0, 0.1) is 6.92 Å². The molecule has 0 aliphatic carbocycles. The molecular formula is C16H20F5N7O. The number of nitrogens with zero attached hydrogens (tertiary/aromatic N) is 3. The fourth-order valence-electron chi connectivity index (χ4n) is 2.46. The molecule has 0 unspecified atom stereocenters. The van der Waals surface area contributed by atoms with E-state index in [1.54, 1.807) is 31.2 Å². The number of aromatic nitrogens is 3. The average molecular weight is 421 g/mol. The van der Waals surface area contributed by atoms with Crippen molar-refractivity contribution in [1.82, 2.24) is 20.5 Å². The van der Waals surface area contributed by atoms with Crippen LogP contribution < -0.4 is 21.3 Å². The lowest BCUT2D eigenvalue weighted by atomic mass is 10.1. The third kappa shape index (κ3) is 5.03. The summed E-state index contributed by atoms with van der Waals surface area (Å²) in [6.07, 6.45) is -5.78. The maximum Gasteiger partial charge on any atom is 0.455 e. The fourth-order valence-corrected chi connectivity index (χ4v) is 2.46. The van der Waals surface area contributed by atoms with E-state index < -0.39 is 24.6 Å². The summed E-state index contributed by atoms with van der Waals surface area (Å²) in [6, 6.07) is 2.67. The Morgan fingerprint density at radius 1 is 1.28 bits per heavy atom. The van der Waals surface area contributed by atoms with Crippen molar-refractivity contribution in [3.8, 4) is 0 Å². The monoisotopic (exact) mass is 421 g/mol. The van der Waals surface area contributed by atoms with Crippen molar-refractivity contribution >= 4 is 23.0 Å². The van der Waals surface area contributed by atoms with Gasteiger partial charge < -0.3 is 21.3 Å². The number of hydrogen-bond acceptors (Lipinski definition) is 6. The highest BCUT2D eigenvalue weighted by atomic mass is 19.4. The largest absolute Gasteiger partial charge is 0.455 e. The summed E-state index contributed by atoms with van der Waals surface area (Å²) in [5.41, 5.74) is 6.45. The number of nitrogen functional groups attached to an aromatic ring is 1. The number of carbonyl (C=O) groups excluding carboxylic acids is 1. The number of rotatable bonds is 7. The van der Waals surface area contributed by atoms with Gasteiger partial charge in [0.25, 0.3) is 5.91 Å². The Labute approximate surface area is 162 Å². The molecule has 5 N–H and O–H groups in total. The molecule has 0 radical (unpaired) electrons. The van der Waals surface area contributed by atoms with Gasteiger partial charge in [-0.05, 0) is 19.1 Å². The van der Waals surface area contributed by atoms with Gasteiger partial charge in [-0.3, -0.25) is 9.89 Å². The van der Waals surface area contributed by atoms with Gasteiger partial charge in [-0.25, -0.2) is 4.98 Å². The Morgan fingerprint density at radius 2 is 1.93 bits per heavy atom. The number of aromatic amines is 1. The Morgan fingerprint density at radius 3 is 2.45 bits per heavy atom. The second kappa shape index (κ2) is 8.09. The molecule has 1 amide bonds. The normalized spacial score (nSPS) is 12.0. The molecule has 8 nitrogen and oxygen atoms in total. The smallest absolute Gasteiger partial charge is 0.397 e. The molecule has 1 aromatic heterocycles. The van der Waals surface area contributed by atoms with E-state index in [9.17, 15) is 26.7 Å². The van der Waals surface area contributed by atoms with Crippen LogP contribution in [0.2, 0.25) is 0 Å². The van der Waals surface area contributed by atoms with Crippen molar-refractivity contribution < 1.29 is 26.7 Å². The first-order chi connectivity index (χ1) is 13.4. The zero-order valence-corrected chi connectivity index (χ0v) is 15.8. The third-order valence-corrected chi connectivity index (χ3v) is 4.00. The van der Waals surface area contributed by atoms with E-state index in [-0.39, 0.29) is 23.5 Å². The minimum atomic E-state index is -5.78. The first-order valence-electron chi connectivity index (χ1n) is 8.28. The van der Waals surface area contributed by atoms with Crippen LogP contribution in [0.25, 0.3) is 0 Å². The summed E-state index contributed by atoms with van der Waals surface area (Å²) >= 11 is 0. The predicted molar refractivity (Wildman–Crippen MR) is 97.0 cm³/mol. The standard InChI is InChI=1S/C16H20F5N7O/c1-8-25-13(27-26-8)6-28(3)12-5-11(23-2)10(22)4-9(12)14(29)24-7-15(17,18)16(19,20)21/h4-5,23H,6-7,22H2,1-3H3,(H,24,29)(H,25,26,27). The van der Waals surface area contributed by atoms with Crippen LogP contribution in [0.1, 0.15) is 22.0 Å². The number of hydrogen-bond donors (Lipinski definition) is 4. The summed E-state index contributed by atoms with van der Waals surface area (Å²) in [5, 5.41) is 11.1. The van der Waals surface area contributed by atoms with E-state index in [1.165, 1.54) is 12.1 Å². The lowest BCUT2D eigenvalue weighted by molar-refractivity contribution is -0.278. The van der Waals surface area contributed by atoms with Crippen LogP contribution in [0.5, 0.6) is 0 Å². The molecule has 0 aliphatic rings. The number of nitrogens with one attached hydrogen (secondary N) is 3. The third-order valence-electron chi connectivity index (χ3n) is 4.00. The number of anilines is 3. The van der Waals surface area contributed by atoms with Crippen molar-refractivity contribution in [2.75, 3.05) is 36.6 Å². The van der Waals surface area contributed by atoms with E-state index >= 15 is 0 Å². The first kappa shape index (κ1) is 22.2. The van der Waals surface area contributed by atoms with Crippen LogP contribution in [0.15, 0.2) is 12.1 Å². The zero-order chi connectivity index (χ0) is 22.0. The van der Waals surface area contributed by atoms with Gasteiger partial charge in [-0.15, -0.1) is 0 Å². The number of carbonyl (C=O) groups is 1. The molecular weight excluding hydrogens is 401 g/mol. The van der Waals surface area contributed by atoms with Crippen LogP contribution in [0.3, 0.4) is 0 Å². The number of aryl methyl sites for hydroxylation is 1. The van der Waals surface area contributed by atoms with E-state index in [2.05, 4.69) is 20.5 Å². The zero-order valence-electron chi connectivity index (χ0n) is 15.8. The molecule has 0 spiro atoms. The van der Waals surface area contributed by atoms with Crippen LogP contribution in [-0.4, -0.2) is 53.8 Å². The van der Waals surface area contributed by atoms with Crippen molar-refractivity contribution in [2.24, 2.45) is 0 Å². The van der Waals surface area contributed by atoms with E-state index in [0.29, 0.717) is 17.3 Å². The van der Waals surface area contributed by atoms with Gasteiger partial charge in [0.05, 0.1) is 35.7 Å². The summed E-state index contributed by atoms with van der Waals surface area (Å²) in [7, 11) is 3.16. The van der Waals surface area contributed by atoms with Gasteiger partial charge in [0.15, 0.2) is 5.82 Å². The highest BCUT2D eigenvalue weighted by molar-refractivity contribution is 6.02. The molecule has 2 aromatic rings. The van der Waals surface area contributed by atoms with Crippen molar-refractivity contribution in [3.63, 3.8) is 0 Å². The topological polar surface area (TPSA) is 112 Å². The number of amides is 1. The number of alkyl halides is 5. The summed E-state index contributed by atoms with van der Waals surface area (Å²) in [6.45, 7) is -0.0682. The molecule has 29 heavy (non-hydrogen) atoms. The lowest BCUT2D eigenvalue weighted by Gasteiger charge is -2.24. The van der Waals surface area contributed by atoms with Gasteiger partial charge >= 0.3 is 12.1 Å². The molecule has 13 heteroatoms. The number of H-pyrrole nitrogens is 1. The second-order valence-electron chi connectivity index (χ2n) is 6.28. The minimum Gasteiger partial charge on any atom is -0.397 e. The highest BCUT2D eigenvalue weighted by Crippen LogP contribution is 2.35. The van der Waals surface area contributed by atoms with Gasteiger partial charge in [0.1, 0.15) is 5.82 Å². The molecule has 1 heterocycles. The van der Waals surface area contributed by atoms with Gasteiger partial charge in [0, 0.05) is 14.1 Å². The molecule has 160 valence electrons. The van der Waals surface area contributed by atoms with Crippen molar-refractivity contribution in [2.45, 2.75) is 25.6 Å². The Kier molecular flexibility index (Phi) is 6.18. The van der Waals surface area contributed by atoms with E-state index in [0.717, 1.165) is 0 Å². The molecule has 0 saturated carbocycles. The molecule has 0 fully saturated rings. The molecule has 0 bridgehead atoms. The van der Waals surface area contributed by atoms with Gasteiger partial charge in [0.2, 0.25) is 0 Å². The second-order valence-corrected chi connectivity index (χ2v) is 6.28.